The lowest BCUT2D eigenvalue weighted by Crippen LogP contribution is -2.23. The fourth-order valence-corrected chi connectivity index (χ4v) is 2.42. The minimum atomic E-state index is -0.195. The summed E-state index contributed by atoms with van der Waals surface area (Å²) in [6.07, 6.45) is 6.82. The van der Waals surface area contributed by atoms with Gasteiger partial charge in [0.15, 0.2) is 0 Å². The fraction of sp³-hybridized carbons (Fsp3) is 0.0714. The molecule has 21 heavy (non-hydrogen) atoms. The zero-order valence-electron chi connectivity index (χ0n) is 10.8. The van der Waals surface area contributed by atoms with Crippen molar-refractivity contribution in [2.45, 2.75) is 6.54 Å². The summed E-state index contributed by atoms with van der Waals surface area (Å²) < 4.78 is 2.62. The molecule has 106 valence electrons. The molecule has 1 N–H and O–H groups in total. The van der Waals surface area contributed by atoms with Crippen LogP contribution in [-0.2, 0) is 6.54 Å². The maximum atomic E-state index is 12.0. The van der Waals surface area contributed by atoms with E-state index in [9.17, 15) is 4.79 Å². The van der Waals surface area contributed by atoms with Crippen LogP contribution in [0.1, 0.15) is 16.1 Å². The molecule has 0 radical (unpaired) electrons. The van der Waals surface area contributed by atoms with E-state index < -0.39 is 0 Å². The molecule has 0 aliphatic carbocycles. The standard InChI is InChI=1S/C14H10BrClN4O/c15-10-3-9(5-17-6-10)14(21)18-7-12-8-20-2-1-11(16)4-13(20)19-12/h1-6,8H,7H2,(H,18,21). The highest BCUT2D eigenvalue weighted by Crippen LogP contribution is 2.13. The van der Waals surface area contributed by atoms with Crippen molar-refractivity contribution in [1.82, 2.24) is 19.7 Å². The van der Waals surface area contributed by atoms with E-state index in [-0.39, 0.29) is 5.91 Å². The molecule has 0 saturated heterocycles. The lowest BCUT2D eigenvalue weighted by atomic mass is 10.2. The molecule has 0 spiro atoms. The summed E-state index contributed by atoms with van der Waals surface area (Å²) in [6, 6.07) is 5.27. The van der Waals surface area contributed by atoms with Crippen LogP contribution >= 0.6 is 27.5 Å². The number of carbonyl (C=O) groups excluding carboxylic acids is 1. The van der Waals surface area contributed by atoms with Gasteiger partial charge in [0.2, 0.25) is 0 Å². The summed E-state index contributed by atoms with van der Waals surface area (Å²) in [7, 11) is 0. The Labute approximate surface area is 134 Å². The Hall–Kier alpha value is -1.92. The molecule has 0 aliphatic rings. The van der Waals surface area contributed by atoms with E-state index in [1.165, 1.54) is 6.20 Å². The largest absolute Gasteiger partial charge is 0.346 e. The number of fused-ring (bicyclic) bond motifs is 1. The number of pyridine rings is 2. The summed E-state index contributed by atoms with van der Waals surface area (Å²) in [5.41, 5.74) is 2.00. The van der Waals surface area contributed by atoms with Gasteiger partial charge in [-0.05, 0) is 34.1 Å². The quantitative estimate of drug-likeness (QED) is 0.776. The van der Waals surface area contributed by atoms with Gasteiger partial charge in [0.1, 0.15) is 5.65 Å². The lowest BCUT2D eigenvalue weighted by Gasteiger charge is -2.02. The first kappa shape index (κ1) is 14.0. The van der Waals surface area contributed by atoms with Crippen molar-refractivity contribution >= 4 is 39.1 Å². The molecule has 0 bridgehead atoms. The first-order valence-corrected chi connectivity index (χ1v) is 7.31. The van der Waals surface area contributed by atoms with Crippen LogP contribution < -0.4 is 5.32 Å². The molecule has 7 heteroatoms. The number of halogens is 2. The average Bonchev–Trinajstić information content (AvgIpc) is 2.86. The van der Waals surface area contributed by atoms with Crippen LogP contribution in [0.5, 0.6) is 0 Å². The normalized spacial score (nSPS) is 10.8. The van der Waals surface area contributed by atoms with Crippen molar-refractivity contribution in [1.29, 1.82) is 0 Å². The van der Waals surface area contributed by atoms with Crippen molar-refractivity contribution in [3.63, 3.8) is 0 Å². The Morgan fingerprint density at radius 2 is 2.24 bits per heavy atom. The number of hydrogen-bond acceptors (Lipinski definition) is 3. The number of rotatable bonds is 3. The van der Waals surface area contributed by atoms with Crippen LogP contribution in [0.15, 0.2) is 47.5 Å². The van der Waals surface area contributed by atoms with Crippen molar-refractivity contribution in [2.75, 3.05) is 0 Å². The van der Waals surface area contributed by atoms with E-state index >= 15 is 0 Å². The molecule has 0 aromatic carbocycles. The van der Waals surface area contributed by atoms with E-state index in [4.69, 9.17) is 11.6 Å². The third-order valence-electron chi connectivity index (χ3n) is 2.87. The van der Waals surface area contributed by atoms with Gasteiger partial charge in [-0.15, -0.1) is 0 Å². The van der Waals surface area contributed by atoms with E-state index in [1.807, 2.05) is 16.8 Å². The predicted molar refractivity (Wildman–Crippen MR) is 83.3 cm³/mol. The molecule has 3 aromatic heterocycles. The summed E-state index contributed by atoms with van der Waals surface area (Å²) in [5.74, 6) is -0.195. The Morgan fingerprint density at radius 3 is 3.05 bits per heavy atom. The lowest BCUT2D eigenvalue weighted by molar-refractivity contribution is 0.0950. The second kappa shape index (κ2) is 5.83. The number of imidazole rings is 1. The molecule has 0 atom stereocenters. The fourth-order valence-electron chi connectivity index (χ4n) is 1.90. The van der Waals surface area contributed by atoms with Gasteiger partial charge in [0.05, 0.1) is 17.8 Å². The minimum absolute atomic E-state index is 0.195. The molecule has 0 unspecified atom stereocenters. The number of aromatic nitrogens is 3. The second-order valence-electron chi connectivity index (χ2n) is 4.42. The summed E-state index contributed by atoms with van der Waals surface area (Å²) in [5, 5.41) is 3.44. The van der Waals surface area contributed by atoms with Crippen molar-refractivity contribution < 1.29 is 4.79 Å². The van der Waals surface area contributed by atoms with Crippen LogP contribution in [-0.4, -0.2) is 20.3 Å². The van der Waals surface area contributed by atoms with Crippen LogP contribution in [0.3, 0.4) is 0 Å². The first-order chi connectivity index (χ1) is 10.1. The molecule has 0 saturated carbocycles. The topological polar surface area (TPSA) is 59.3 Å². The van der Waals surface area contributed by atoms with Gasteiger partial charge in [-0.2, -0.15) is 0 Å². The number of carbonyl (C=O) groups is 1. The molecule has 3 heterocycles. The first-order valence-electron chi connectivity index (χ1n) is 6.14. The SMILES string of the molecule is O=C(NCc1cn2ccc(Cl)cc2n1)c1cncc(Br)c1. The van der Waals surface area contributed by atoms with Crippen molar-refractivity contribution in [2.24, 2.45) is 0 Å². The Morgan fingerprint density at radius 1 is 1.38 bits per heavy atom. The van der Waals surface area contributed by atoms with E-state index in [0.717, 1.165) is 15.8 Å². The Kier molecular flexibility index (Phi) is 3.90. The van der Waals surface area contributed by atoms with E-state index in [1.54, 1.807) is 24.4 Å². The van der Waals surface area contributed by atoms with Gasteiger partial charge in [0.25, 0.3) is 5.91 Å². The zero-order chi connectivity index (χ0) is 14.8. The molecular weight excluding hydrogens is 356 g/mol. The molecule has 1 amide bonds. The van der Waals surface area contributed by atoms with Gasteiger partial charge < -0.3 is 9.72 Å². The number of nitrogens with zero attached hydrogens (tertiary/aromatic N) is 3. The van der Waals surface area contributed by atoms with Crippen molar-refractivity contribution in [3.05, 3.63) is 63.7 Å². The molecule has 0 aliphatic heterocycles. The molecule has 3 aromatic rings. The van der Waals surface area contributed by atoms with Gasteiger partial charge in [0, 0.05) is 34.3 Å². The Balaban J connectivity index is 1.72. The van der Waals surface area contributed by atoms with E-state index in [2.05, 4.69) is 31.2 Å². The van der Waals surface area contributed by atoms with Gasteiger partial charge in [-0.1, -0.05) is 11.6 Å². The minimum Gasteiger partial charge on any atom is -0.346 e. The summed E-state index contributed by atoms with van der Waals surface area (Å²) in [6.45, 7) is 0.338. The predicted octanol–water partition coefficient (Wildman–Crippen LogP) is 3.08. The van der Waals surface area contributed by atoms with Crippen LogP contribution in [0.25, 0.3) is 5.65 Å². The summed E-state index contributed by atoms with van der Waals surface area (Å²) in [4.78, 5) is 20.4. The van der Waals surface area contributed by atoms with Crippen molar-refractivity contribution in [3.8, 4) is 0 Å². The Bertz CT molecular complexity index is 818. The second-order valence-corrected chi connectivity index (χ2v) is 5.77. The monoisotopic (exact) mass is 364 g/mol. The highest BCUT2D eigenvalue weighted by atomic mass is 79.9. The molecule has 0 fully saturated rings. The third kappa shape index (κ3) is 3.22. The smallest absolute Gasteiger partial charge is 0.253 e. The van der Waals surface area contributed by atoms with Gasteiger partial charge >= 0.3 is 0 Å². The van der Waals surface area contributed by atoms with Crippen LogP contribution in [0.4, 0.5) is 0 Å². The van der Waals surface area contributed by atoms with Gasteiger partial charge in [-0.25, -0.2) is 4.98 Å². The molecular formula is C14H10BrClN4O. The molecule has 5 nitrogen and oxygen atoms in total. The van der Waals surface area contributed by atoms with Crippen LogP contribution in [0, 0.1) is 0 Å². The highest BCUT2D eigenvalue weighted by molar-refractivity contribution is 9.10. The maximum Gasteiger partial charge on any atom is 0.253 e. The third-order valence-corrected chi connectivity index (χ3v) is 3.54. The average molecular weight is 366 g/mol. The zero-order valence-corrected chi connectivity index (χ0v) is 13.1. The summed E-state index contributed by atoms with van der Waals surface area (Å²) >= 11 is 9.20. The number of hydrogen-bond donors (Lipinski definition) is 1. The van der Waals surface area contributed by atoms with E-state index in [0.29, 0.717) is 17.1 Å². The maximum absolute atomic E-state index is 12.0. The van der Waals surface area contributed by atoms with Gasteiger partial charge in [-0.3, -0.25) is 9.78 Å². The van der Waals surface area contributed by atoms with Crippen LogP contribution in [0.2, 0.25) is 5.02 Å². The molecule has 3 rings (SSSR count). The number of amides is 1. The number of nitrogens with one attached hydrogen (secondary N) is 1. The highest BCUT2D eigenvalue weighted by Gasteiger charge is 2.08.